The molecule has 18 heavy (non-hydrogen) atoms. The number of nitrogens with one attached hydrogen (secondary N) is 1. The molecule has 0 aliphatic carbocycles. The molecule has 0 spiro atoms. The van der Waals surface area contributed by atoms with Crippen molar-refractivity contribution >= 4 is 39.3 Å². The van der Waals surface area contributed by atoms with Gasteiger partial charge < -0.3 is 5.32 Å². The minimum atomic E-state index is -4.83. The summed E-state index contributed by atoms with van der Waals surface area (Å²) in [5.41, 5.74) is 0. The number of amides is 1. The number of anilines is 1. The van der Waals surface area contributed by atoms with Crippen LogP contribution >= 0.6 is 12.0 Å². The highest BCUT2D eigenvalue weighted by Gasteiger charge is 2.19. The average molecular weight is 296 g/mol. The van der Waals surface area contributed by atoms with Gasteiger partial charge in [0.2, 0.25) is 0 Å². The number of pyridine rings is 1. The van der Waals surface area contributed by atoms with Gasteiger partial charge in [-0.2, -0.15) is 12.0 Å². The zero-order valence-electron chi connectivity index (χ0n) is 8.36. The Morgan fingerprint density at radius 3 is 2.61 bits per heavy atom. The largest absolute Gasteiger partial charge is 0.408 e. The third-order valence-corrected chi connectivity index (χ3v) is 2.65. The highest BCUT2D eigenvalue weighted by molar-refractivity contribution is 8.15. The fraction of sp³-hybridized carbons (Fsp3) is 0. The SMILES string of the molecule is O=C(Nc1ccc(F)cn1)C(=O)SOS(=O)(=O)O. The molecule has 1 amide bonds. The lowest BCUT2D eigenvalue weighted by Gasteiger charge is -2.01. The van der Waals surface area contributed by atoms with Crippen LogP contribution in [0.2, 0.25) is 0 Å². The topological polar surface area (TPSA) is 123 Å². The van der Waals surface area contributed by atoms with Crippen molar-refractivity contribution in [3.8, 4) is 0 Å². The van der Waals surface area contributed by atoms with E-state index in [9.17, 15) is 22.4 Å². The Hall–Kier alpha value is -1.56. The molecular weight excluding hydrogens is 291 g/mol. The minimum absolute atomic E-state index is 0.109. The Bertz CT molecular complexity index is 558. The van der Waals surface area contributed by atoms with Crippen molar-refractivity contribution in [1.29, 1.82) is 0 Å². The predicted molar refractivity (Wildman–Crippen MR) is 58.1 cm³/mol. The minimum Gasteiger partial charge on any atom is -0.303 e. The van der Waals surface area contributed by atoms with Gasteiger partial charge in [0.25, 0.3) is 0 Å². The zero-order valence-corrected chi connectivity index (χ0v) is 10.00. The van der Waals surface area contributed by atoms with Crippen LogP contribution in [0.4, 0.5) is 10.2 Å². The summed E-state index contributed by atoms with van der Waals surface area (Å²) in [5.74, 6) is -1.99. The molecule has 1 rings (SSSR count). The Kier molecular flexibility index (Phi) is 4.72. The summed E-state index contributed by atoms with van der Waals surface area (Å²) in [4.78, 5) is 25.6. The first kappa shape index (κ1) is 14.5. The maximum absolute atomic E-state index is 12.5. The fourth-order valence-corrected chi connectivity index (χ4v) is 1.45. The number of hydrogen-bond acceptors (Lipinski definition) is 7. The number of halogens is 1. The molecule has 0 saturated carbocycles. The van der Waals surface area contributed by atoms with Gasteiger partial charge in [-0.3, -0.25) is 14.1 Å². The van der Waals surface area contributed by atoms with E-state index in [1.54, 1.807) is 0 Å². The van der Waals surface area contributed by atoms with Crippen molar-refractivity contribution in [2.24, 2.45) is 0 Å². The summed E-state index contributed by atoms with van der Waals surface area (Å²) >= 11 is -0.377. The summed E-state index contributed by atoms with van der Waals surface area (Å²) in [6.45, 7) is 0. The second-order valence-corrected chi connectivity index (χ2v) is 4.62. The molecule has 0 saturated heterocycles. The third-order valence-electron chi connectivity index (χ3n) is 1.35. The van der Waals surface area contributed by atoms with E-state index in [0.717, 1.165) is 18.3 Å². The van der Waals surface area contributed by atoms with Crippen LogP contribution in [0.5, 0.6) is 0 Å². The molecular formula is C7H5FN2O6S2. The van der Waals surface area contributed by atoms with E-state index in [2.05, 4.69) is 8.61 Å². The van der Waals surface area contributed by atoms with Gasteiger partial charge in [0.1, 0.15) is 23.7 Å². The van der Waals surface area contributed by atoms with E-state index in [-0.39, 0.29) is 17.9 Å². The van der Waals surface area contributed by atoms with Crippen molar-refractivity contribution in [1.82, 2.24) is 4.98 Å². The van der Waals surface area contributed by atoms with Gasteiger partial charge in [0, 0.05) is 0 Å². The van der Waals surface area contributed by atoms with Crippen molar-refractivity contribution in [3.05, 3.63) is 24.1 Å². The Morgan fingerprint density at radius 2 is 2.11 bits per heavy atom. The molecule has 98 valence electrons. The van der Waals surface area contributed by atoms with Crippen molar-refractivity contribution in [2.45, 2.75) is 0 Å². The number of carbonyl (C=O) groups is 2. The standard InChI is InChI=1S/C7H5FN2O6S2/c8-4-1-2-5(9-3-4)10-6(11)7(12)17-16-18(13,14)15/h1-3H,(H,9,10,11)(H,13,14,15). The first-order chi connectivity index (χ1) is 8.28. The smallest absolute Gasteiger partial charge is 0.303 e. The molecule has 0 bridgehead atoms. The summed E-state index contributed by atoms with van der Waals surface area (Å²) in [6.07, 6.45) is 0.807. The van der Waals surface area contributed by atoms with Crippen LogP contribution in [-0.2, 0) is 23.6 Å². The Balaban J connectivity index is 2.55. The van der Waals surface area contributed by atoms with Crippen LogP contribution in [0, 0.1) is 5.82 Å². The third kappa shape index (κ3) is 5.18. The highest BCUT2D eigenvalue weighted by Crippen LogP contribution is 2.10. The van der Waals surface area contributed by atoms with Gasteiger partial charge in [-0.15, -0.1) is 0 Å². The van der Waals surface area contributed by atoms with Crippen molar-refractivity contribution < 1.29 is 30.6 Å². The molecule has 0 fully saturated rings. The molecule has 0 aromatic carbocycles. The quantitative estimate of drug-likeness (QED) is 0.459. The summed E-state index contributed by atoms with van der Waals surface area (Å²) in [6, 6.07) is 2.09. The number of rotatable bonds is 3. The Labute approximate surface area is 105 Å². The van der Waals surface area contributed by atoms with E-state index in [4.69, 9.17) is 4.55 Å². The first-order valence-corrected chi connectivity index (χ1v) is 6.19. The van der Waals surface area contributed by atoms with E-state index >= 15 is 0 Å². The molecule has 0 aliphatic heterocycles. The maximum atomic E-state index is 12.5. The predicted octanol–water partition coefficient (Wildman–Crippen LogP) is 0.153. The number of aromatic nitrogens is 1. The van der Waals surface area contributed by atoms with Gasteiger partial charge >= 0.3 is 21.4 Å². The molecule has 8 nitrogen and oxygen atoms in total. The van der Waals surface area contributed by atoms with Gasteiger partial charge in [0.15, 0.2) is 0 Å². The number of carbonyl (C=O) groups excluding carboxylic acids is 2. The van der Waals surface area contributed by atoms with Crippen LogP contribution in [0.25, 0.3) is 0 Å². The molecule has 0 atom stereocenters. The molecule has 11 heteroatoms. The number of nitrogens with zero attached hydrogens (tertiary/aromatic N) is 1. The maximum Gasteiger partial charge on any atom is 0.408 e. The normalized spacial score (nSPS) is 11.0. The number of hydrogen-bond donors (Lipinski definition) is 2. The molecule has 1 heterocycles. The molecule has 0 unspecified atom stereocenters. The van der Waals surface area contributed by atoms with Crippen LogP contribution in [-0.4, -0.2) is 29.0 Å². The zero-order chi connectivity index (χ0) is 13.8. The monoisotopic (exact) mass is 296 g/mol. The highest BCUT2D eigenvalue weighted by atomic mass is 32.3. The van der Waals surface area contributed by atoms with Gasteiger partial charge in [-0.25, -0.2) is 9.37 Å². The van der Waals surface area contributed by atoms with E-state index in [1.165, 1.54) is 0 Å². The molecule has 1 aromatic rings. The summed E-state index contributed by atoms with van der Waals surface area (Å²) in [5, 5.41) is 0.627. The van der Waals surface area contributed by atoms with Crippen molar-refractivity contribution in [3.63, 3.8) is 0 Å². The lowest BCUT2D eigenvalue weighted by atomic mass is 10.4. The summed E-state index contributed by atoms with van der Waals surface area (Å²) < 4.78 is 44.5. The van der Waals surface area contributed by atoms with Crippen LogP contribution in [0.3, 0.4) is 0 Å². The molecule has 1 aromatic heterocycles. The lowest BCUT2D eigenvalue weighted by Crippen LogP contribution is -2.21. The molecule has 0 radical (unpaired) electrons. The van der Waals surface area contributed by atoms with E-state index < -0.39 is 27.2 Å². The van der Waals surface area contributed by atoms with Gasteiger partial charge in [-0.05, 0) is 12.1 Å². The molecule has 2 N–H and O–H groups in total. The van der Waals surface area contributed by atoms with Crippen LogP contribution in [0.15, 0.2) is 18.3 Å². The first-order valence-electron chi connectivity index (χ1n) is 4.08. The van der Waals surface area contributed by atoms with Gasteiger partial charge in [0.05, 0.1) is 6.20 Å². The lowest BCUT2D eigenvalue weighted by molar-refractivity contribution is -0.129. The van der Waals surface area contributed by atoms with Crippen LogP contribution in [0.1, 0.15) is 0 Å². The van der Waals surface area contributed by atoms with E-state index in [1.807, 2.05) is 5.32 Å². The van der Waals surface area contributed by atoms with Gasteiger partial charge in [-0.1, -0.05) is 0 Å². The Morgan fingerprint density at radius 1 is 1.44 bits per heavy atom. The summed E-state index contributed by atoms with van der Waals surface area (Å²) in [7, 11) is -4.83. The second-order valence-electron chi connectivity index (χ2n) is 2.68. The van der Waals surface area contributed by atoms with E-state index in [0.29, 0.717) is 0 Å². The molecule has 0 aliphatic rings. The fourth-order valence-electron chi connectivity index (χ4n) is 0.729. The van der Waals surface area contributed by atoms with Crippen molar-refractivity contribution in [2.75, 3.05) is 5.32 Å². The average Bonchev–Trinajstić information content (AvgIpc) is 2.28. The van der Waals surface area contributed by atoms with Crippen LogP contribution < -0.4 is 5.32 Å². The second kappa shape index (κ2) is 5.86.